The average molecular weight is 332 g/mol. The first kappa shape index (κ1) is 14.3. The van der Waals surface area contributed by atoms with Gasteiger partial charge in [0, 0.05) is 17.7 Å². The fourth-order valence-corrected chi connectivity index (χ4v) is 5.09. The minimum absolute atomic E-state index is 0.241. The average Bonchev–Trinajstić information content (AvgIpc) is 2.66. The number of hydrogen-bond acceptors (Lipinski definition) is 2. The molecule has 0 radical (unpaired) electrons. The number of aryl methyl sites for hydroxylation is 2. The lowest BCUT2D eigenvalue weighted by Gasteiger charge is -2.34. The van der Waals surface area contributed by atoms with Crippen molar-refractivity contribution in [2.75, 3.05) is 0 Å². The van der Waals surface area contributed by atoms with Gasteiger partial charge in [-0.15, -0.1) is 0 Å². The zero-order valence-corrected chi connectivity index (χ0v) is 14.9. The Morgan fingerprint density at radius 1 is 0.808 bits per heavy atom. The maximum atomic E-state index is 4.76. The van der Waals surface area contributed by atoms with Crippen LogP contribution in [0.5, 0.6) is 0 Å². The monoisotopic (exact) mass is 332 g/mol. The third-order valence-electron chi connectivity index (χ3n) is 6.16. The van der Waals surface area contributed by atoms with Gasteiger partial charge < -0.3 is 0 Å². The van der Waals surface area contributed by atoms with Crippen molar-refractivity contribution in [1.82, 2.24) is 9.97 Å². The summed E-state index contributed by atoms with van der Waals surface area (Å²) in [5.74, 6) is 0. The Labute approximate surface area is 153 Å². The molecule has 0 bridgehead atoms. The van der Waals surface area contributed by atoms with Crippen LogP contribution in [-0.2, 0) is 6.42 Å². The molecule has 0 aliphatic carbocycles. The molecule has 0 atom stereocenters. The molecular weight excluding hydrogens is 315 g/mol. The molecule has 3 heteroatoms. The molecular formula is C23H17BN2. The number of aromatic nitrogens is 2. The van der Waals surface area contributed by atoms with Crippen molar-refractivity contribution >= 4 is 33.9 Å². The van der Waals surface area contributed by atoms with Gasteiger partial charge in [-0.3, -0.25) is 0 Å². The SMILES string of the molecule is Cc1cccc2c1B1c3c(ncnc3-c3cccc4ccc(C)c1c34)C2. The van der Waals surface area contributed by atoms with Crippen molar-refractivity contribution in [2.45, 2.75) is 20.3 Å². The van der Waals surface area contributed by atoms with Crippen LogP contribution in [0, 0.1) is 13.8 Å². The molecule has 2 nitrogen and oxygen atoms in total. The van der Waals surface area contributed by atoms with E-state index in [4.69, 9.17) is 9.97 Å². The summed E-state index contributed by atoms with van der Waals surface area (Å²) in [7, 11) is 0. The Morgan fingerprint density at radius 2 is 1.65 bits per heavy atom. The van der Waals surface area contributed by atoms with E-state index in [1.807, 2.05) is 0 Å². The summed E-state index contributed by atoms with van der Waals surface area (Å²) in [6.07, 6.45) is 2.64. The van der Waals surface area contributed by atoms with E-state index in [0.717, 1.165) is 12.1 Å². The van der Waals surface area contributed by atoms with Crippen LogP contribution in [0.15, 0.2) is 54.9 Å². The Balaban J connectivity index is 1.87. The molecule has 0 unspecified atom stereocenters. The molecule has 0 amide bonds. The lowest BCUT2D eigenvalue weighted by molar-refractivity contribution is 1.04. The Morgan fingerprint density at radius 3 is 2.58 bits per heavy atom. The van der Waals surface area contributed by atoms with Gasteiger partial charge in [-0.2, -0.15) is 0 Å². The van der Waals surface area contributed by atoms with E-state index in [-0.39, 0.29) is 6.71 Å². The topological polar surface area (TPSA) is 25.8 Å². The highest BCUT2D eigenvalue weighted by Crippen LogP contribution is 2.32. The Bertz CT molecular complexity index is 1240. The molecule has 1 aromatic heterocycles. The molecule has 2 aliphatic rings. The van der Waals surface area contributed by atoms with E-state index in [0.29, 0.717) is 0 Å². The summed E-state index contributed by atoms with van der Waals surface area (Å²) in [6.45, 7) is 4.72. The van der Waals surface area contributed by atoms with Crippen LogP contribution in [0.2, 0.25) is 0 Å². The summed E-state index contributed by atoms with van der Waals surface area (Å²) in [5, 5.41) is 2.67. The fraction of sp³-hybridized carbons (Fsp3) is 0.130. The van der Waals surface area contributed by atoms with Crippen LogP contribution in [0.1, 0.15) is 22.4 Å². The highest BCUT2D eigenvalue weighted by Gasteiger charge is 2.40. The van der Waals surface area contributed by atoms with Crippen LogP contribution in [0.25, 0.3) is 22.0 Å². The standard InChI is InChI=1S/C23H17BN2/c1-13-5-3-7-16-11-18-22-23(26-12-25-18)17-8-4-6-15-10-9-14(2)21(19(15)17)24(22)20(13)16/h3-10,12H,11H2,1-2H3. The summed E-state index contributed by atoms with van der Waals surface area (Å²) < 4.78 is 0. The fourth-order valence-electron chi connectivity index (χ4n) is 5.09. The van der Waals surface area contributed by atoms with E-state index < -0.39 is 0 Å². The van der Waals surface area contributed by atoms with Crippen LogP contribution in [0.4, 0.5) is 0 Å². The van der Waals surface area contributed by atoms with Gasteiger partial charge >= 0.3 is 0 Å². The van der Waals surface area contributed by atoms with E-state index in [9.17, 15) is 0 Å². The minimum Gasteiger partial charge on any atom is -0.242 e. The van der Waals surface area contributed by atoms with E-state index in [1.54, 1.807) is 6.33 Å². The van der Waals surface area contributed by atoms with Gasteiger partial charge in [0.1, 0.15) is 6.33 Å². The van der Waals surface area contributed by atoms with Crippen LogP contribution in [-0.4, -0.2) is 16.7 Å². The molecule has 122 valence electrons. The molecule has 0 fully saturated rings. The van der Waals surface area contributed by atoms with Crippen LogP contribution >= 0.6 is 0 Å². The van der Waals surface area contributed by atoms with Crippen molar-refractivity contribution in [3.05, 3.63) is 77.2 Å². The lowest BCUT2D eigenvalue weighted by atomic mass is 9.30. The Hall–Kier alpha value is -2.94. The molecule has 3 heterocycles. The van der Waals surface area contributed by atoms with E-state index in [1.165, 1.54) is 55.1 Å². The van der Waals surface area contributed by atoms with Crippen molar-refractivity contribution in [2.24, 2.45) is 0 Å². The number of rotatable bonds is 0. The van der Waals surface area contributed by atoms with Gasteiger partial charge in [-0.25, -0.2) is 9.97 Å². The second kappa shape index (κ2) is 4.82. The summed E-state index contributed by atoms with van der Waals surface area (Å²) in [6, 6.07) is 17.8. The van der Waals surface area contributed by atoms with Crippen LogP contribution in [0.3, 0.4) is 0 Å². The molecule has 0 spiro atoms. The molecule has 4 aromatic rings. The highest BCUT2D eigenvalue weighted by atomic mass is 14.8. The van der Waals surface area contributed by atoms with Crippen molar-refractivity contribution in [3.8, 4) is 11.3 Å². The second-order valence-electron chi connectivity index (χ2n) is 7.54. The first-order valence-corrected chi connectivity index (χ1v) is 9.19. The summed E-state index contributed by atoms with van der Waals surface area (Å²) in [5.41, 5.74) is 11.9. The molecule has 3 aromatic carbocycles. The lowest BCUT2D eigenvalue weighted by Crippen LogP contribution is -2.61. The van der Waals surface area contributed by atoms with Crippen molar-refractivity contribution in [3.63, 3.8) is 0 Å². The molecule has 0 saturated carbocycles. The Kier molecular flexibility index (Phi) is 2.64. The quantitative estimate of drug-likeness (QED) is 0.400. The zero-order chi connectivity index (χ0) is 17.4. The van der Waals surface area contributed by atoms with Crippen molar-refractivity contribution in [1.29, 1.82) is 0 Å². The highest BCUT2D eigenvalue weighted by molar-refractivity contribution is 6.99. The smallest absolute Gasteiger partial charge is 0.242 e. The molecule has 2 aliphatic heterocycles. The third kappa shape index (κ3) is 1.63. The zero-order valence-electron chi connectivity index (χ0n) is 14.9. The van der Waals surface area contributed by atoms with Gasteiger partial charge in [-0.1, -0.05) is 70.6 Å². The van der Waals surface area contributed by atoms with Gasteiger partial charge in [0.05, 0.1) is 5.69 Å². The van der Waals surface area contributed by atoms with E-state index >= 15 is 0 Å². The summed E-state index contributed by atoms with van der Waals surface area (Å²) >= 11 is 0. The number of fused-ring (bicyclic) bond motifs is 4. The largest absolute Gasteiger partial charge is 0.248 e. The number of nitrogens with zero attached hydrogens (tertiary/aromatic N) is 2. The maximum Gasteiger partial charge on any atom is 0.248 e. The first-order chi connectivity index (χ1) is 12.7. The van der Waals surface area contributed by atoms with Gasteiger partial charge in [0.25, 0.3) is 0 Å². The predicted octanol–water partition coefficient (Wildman–Crippen LogP) is 2.65. The summed E-state index contributed by atoms with van der Waals surface area (Å²) in [4.78, 5) is 9.45. The normalized spacial score (nSPS) is 13.5. The molecule has 26 heavy (non-hydrogen) atoms. The van der Waals surface area contributed by atoms with Crippen LogP contribution < -0.4 is 16.4 Å². The van der Waals surface area contributed by atoms with Gasteiger partial charge in [-0.05, 0) is 35.6 Å². The minimum atomic E-state index is 0.241. The van der Waals surface area contributed by atoms with Crippen molar-refractivity contribution < 1.29 is 0 Å². The molecule has 0 N–H and O–H groups in total. The molecule has 6 rings (SSSR count). The number of benzene rings is 3. The van der Waals surface area contributed by atoms with Gasteiger partial charge in [0.15, 0.2) is 0 Å². The first-order valence-electron chi connectivity index (χ1n) is 9.19. The second-order valence-corrected chi connectivity index (χ2v) is 7.54. The van der Waals surface area contributed by atoms with Gasteiger partial charge in [0.2, 0.25) is 6.71 Å². The number of hydrogen-bond donors (Lipinski definition) is 0. The maximum absolute atomic E-state index is 4.76. The van der Waals surface area contributed by atoms with E-state index in [2.05, 4.69) is 62.4 Å². The third-order valence-corrected chi connectivity index (χ3v) is 6.16. The predicted molar refractivity (Wildman–Crippen MR) is 108 cm³/mol. The molecule has 0 saturated heterocycles.